The highest BCUT2D eigenvalue weighted by Gasteiger charge is 2.27. The van der Waals surface area contributed by atoms with Crippen LogP contribution in [0.25, 0.3) is 33.2 Å². The molecule has 7 heteroatoms. The quantitative estimate of drug-likeness (QED) is 0.534. The molecule has 4 rings (SSSR count). The van der Waals surface area contributed by atoms with Crippen LogP contribution >= 0.6 is 0 Å². The fourth-order valence-corrected chi connectivity index (χ4v) is 3.27. The molecule has 1 N–H and O–H groups in total. The molecule has 0 radical (unpaired) electrons. The maximum absolute atomic E-state index is 15.1. The third-order valence-electron chi connectivity index (χ3n) is 4.47. The third kappa shape index (κ3) is 2.63. The number of hydrogen-bond acceptors (Lipinski definition) is 5. The van der Waals surface area contributed by atoms with Crippen LogP contribution in [-0.2, 0) is 4.74 Å². The first-order valence-electron chi connectivity index (χ1n) is 8.64. The van der Waals surface area contributed by atoms with Crippen molar-refractivity contribution in [1.29, 1.82) is 0 Å². The van der Waals surface area contributed by atoms with Crippen LogP contribution in [0, 0.1) is 5.82 Å². The van der Waals surface area contributed by atoms with Gasteiger partial charge in [-0.1, -0.05) is 24.3 Å². The number of ether oxygens (including phenoxy) is 2. The zero-order valence-corrected chi connectivity index (χ0v) is 15.2. The van der Waals surface area contributed by atoms with Crippen molar-refractivity contribution < 1.29 is 23.1 Å². The lowest BCUT2D eigenvalue weighted by molar-refractivity contribution is 0.0525. The van der Waals surface area contributed by atoms with Crippen LogP contribution < -0.4 is 10.3 Å². The summed E-state index contributed by atoms with van der Waals surface area (Å²) >= 11 is 0. The van der Waals surface area contributed by atoms with Crippen LogP contribution in [0.5, 0.6) is 5.75 Å². The van der Waals surface area contributed by atoms with Crippen molar-refractivity contribution in [1.82, 2.24) is 4.98 Å². The minimum atomic E-state index is -0.858. The fraction of sp³-hybridized carbons (Fsp3) is 0.143. The summed E-state index contributed by atoms with van der Waals surface area (Å²) < 4.78 is 31.1. The number of nitrogens with one attached hydrogen (secondary N) is 1. The fourth-order valence-electron chi connectivity index (χ4n) is 3.27. The number of methoxy groups -OCH3 is 1. The summed E-state index contributed by atoms with van der Waals surface area (Å²) in [5, 5.41) is 0.648. The maximum atomic E-state index is 15.1. The van der Waals surface area contributed by atoms with Gasteiger partial charge in [-0.15, -0.1) is 0 Å². The maximum Gasteiger partial charge on any atom is 0.344 e. The molecule has 142 valence electrons. The van der Waals surface area contributed by atoms with Gasteiger partial charge in [0.05, 0.1) is 19.2 Å². The van der Waals surface area contributed by atoms with Gasteiger partial charge in [0.1, 0.15) is 11.1 Å². The summed E-state index contributed by atoms with van der Waals surface area (Å²) in [4.78, 5) is 28.0. The molecular weight excluding hydrogens is 365 g/mol. The molecule has 2 heterocycles. The second kappa shape index (κ2) is 6.84. The Kier molecular flexibility index (Phi) is 4.35. The monoisotopic (exact) mass is 381 g/mol. The van der Waals surface area contributed by atoms with E-state index in [9.17, 15) is 9.59 Å². The van der Waals surface area contributed by atoms with Crippen molar-refractivity contribution in [2.24, 2.45) is 0 Å². The standard InChI is InChI=1S/C21H16FNO5/c1-3-27-21(25)16-15(12-8-6-10-14(26-2)17(12)22)19-18(23-20(16)24)11-7-4-5-9-13(11)28-19/h4-10H,3H2,1-2H3,(H,23,24). The molecule has 0 atom stereocenters. The van der Waals surface area contributed by atoms with Crippen molar-refractivity contribution in [3.63, 3.8) is 0 Å². The molecule has 28 heavy (non-hydrogen) atoms. The number of pyridine rings is 1. The number of carbonyl (C=O) groups is 1. The Morgan fingerprint density at radius 3 is 2.71 bits per heavy atom. The summed E-state index contributed by atoms with van der Waals surface area (Å²) in [6, 6.07) is 11.5. The number of carbonyl (C=O) groups excluding carboxylic acids is 1. The number of hydrogen-bond donors (Lipinski definition) is 1. The SMILES string of the molecule is CCOC(=O)c1c(-c2cccc(OC)c2F)c2oc3ccccc3c2[nH]c1=O. The number of furan rings is 1. The van der Waals surface area contributed by atoms with Crippen molar-refractivity contribution >= 4 is 28.0 Å². The topological polar surface area (TPSA) is 81.5 Å². The summed E-state index contributed by atoms with van der Waals surface area (Å²) in [7, 11) is 1.34. The molecule has 0 aliphatic carbocycles. The molecule has 0 fully saturated rings. The summed E-state index contributed by atoms with van der Waals surface area (Å²) in [5.41, 5.74) is 0.109. The van der Waals surface area contributed by atoms with Crippen LogP contribution in [0.4, 0.5) is 4.39 Å². The van der Waals surface area contributed by atoms with Gasteiger partial charge in [0.25, 0.3) is 5.56 Å². The molecule has 0 saturated heterocycles. The highest BCUT2D eigenvalue weighted by Crippen LogP contribution is 2.38. The Bertz CT molecular complexity index is 1270. The van der Waals surface area contributed by atoms with E-state index in [1.807, 2.05) is 0 Å². The average Bonchev–Trinajstić information content (AvgIpc) is 3.06. The molecule has 2 aromatic heterocycles. The summed E-state index contributed by atoms with van der Waals surface area (Å²) in [6.07, 6.45) is 0. The third-order valence-corrected chi connectivity index (χ3v) is 4.47. The Hall–Kier alpha value is -3.61. The molecular formula is C21H16FNO5. The van der Waals surface area contributed by atoms with E-state index in [0.717, 1.165) is 0 Å². The molecule has 0 unspecified atom stereocenters. The predicted octanol–water partition coefficient (Wildman–Crippen LogP) is 4.27. The number of H-pyrrole nitrogens is 1. The number of halogens is 1. The molecule has 0 aliphatic rings. The van der Waals surface area contributed by atoms with E-state index >= 15 is 4.39 Å². The van der Waals surface area contributed by atoms with Crippen molar-refractivity contribution in [2.45, 2.75) is 6.92 Å². The minimum absolute atomic E-state index is 0.0116. The molecule has 2 aromatic carbocycles. The number of rotatable bonds is 4. The van der Waals surface area contributed by atoms with E-state index in [0.29, 0.717) is 16.5 Å². The van der Waals surface area contributed by atoms with Gasteiger partial charge in [-0.3, -0.25) is 4.79 Å². The summed E-state index contributed by atoms with van der Waals surface area (Å²) in [6.45, 7) is 1.69. The first-order chi connectivity index (χ1) is 13.6. The molecule has 0 spiro atoms. The van der Waals surface area contributed by atoms with E-state index in [1.54, 1.807) is 37.3 Å². The Morgan fingerprint density at radius 2 is 1.96 bits per heavy atom. The van der Waals surface area contributed by atoms with Gasteiger partial charge >= 0.3 is 5.97 Å². The zero-order chi connectivity index (χ0) is 19.8. The number of para-hydroxylation sites is 1. The van der Waals surface area contributed by atoms with Gasteiger partial charge in [-0.05, 0) is 25.1 Å². The van der Waals surface area contributed by atoms with Gasteiger partial charge < -0.3 is 18.9 Å². The number of benzene rings is 2. The van der Waals surface area contributed by atoms with Crippen LogP contribution in [0.3, 0.4) is 0 Å². The van der Waals surface area contributed by atoms with Gasteiger partial charge in [0, 0.05) is 16.5 Å². The number of fused-ring (bicyclic) bond motifs is 3. The predicted molar refractivity (Wildman–Crippen MR) is 102 cm³/mol. The summed E-state index contributed by atoms with van der Waals surface area (Å²) in [5.74, 6) is -1.58. The van der Waals surface area contributed by atoms with Crippen molar-refractivity contribution in [3.8, 4) is 16.9 Å². The molecule has 0 amide bonds. The molecule has 0 bridgehead atoms. The van der Waals surface area contributed by atoms with Crippen LogP contribution in [-0.4, -0.2) is 24.7 Å². The molecule has 6 nitrogen and oxygen atoms in total. The Labute approximate surface area is 158 Å². The van der Waals surface area contributed by atoms with Gasteiger partial charge in [0.2, 0.25) is 0 Å². The average molecular weight is 381 g/mol. The van der Waals surface area contributed by atoms with Gasteiger partial charge in [-0.25, -0.2) is 9.18 Å². The van der Waals surface area contributed by atoms with E-state index in [4.69, 9.17) is 13.9 Å². The Morgan fingerprint density at radius 1 is 1.18 bits per heavy atom. The lowest BCUT2D eigenvalue weighted by Crippen LogP contribution is -2.21. The largest absolute Gasteiger partial charge is 0.494 e. The lowest BCUT2D eigenvalue weighted by atomic mass is 9.98. The smallest absolute Gasteiger partial charge is 0.344 e. The van der Waals surface area contributed by atoms with Crippen LogP contribution in [0.15, 0.2) is 51.7 Å². The zero-order valence-electron chi connectivity index (χ0n) is 15.2. The van der Waals surface area contributed by atoms with Crippen LogP contribution in [0.1, 0.15) is 17.3 Å². The van der Waals surface area contributed by atoms with Gasteiger partial charge in [-0.2, -0.15) is 0 Å². The second-order valence-corrected chi connectivity index (χ2v) is 6.05. The van der Waals surface area contributed by atoms with E-state index < -0.39 is 17.3 Å². The first kappa shape index (κ1) is 17.8. The van der Waals surface area contributed by atoms with Crippen molar-refractivity contribution in [3.05, 3.63) is 64.2 Å². The van der Waals surface area contributed by atoms with Crippen molar-refractivity contribution in [2.75, 3.05) is 13.7 Å². The number of esters is 1. The molecule has 0 aliphatic heterocycles. The van der Waals surface area contributed by atoms with E-state index in [-0.39, 0.29) is 34.6 Å². The normalized spacial score (nSPS) is 11.1. The minimum Gasteiger partial charge on any atom is -0.494 e. The molecule has 4 aromatic rings. The highest BCUT2D eigenvalue weighted by molar-refractivity contribution is 6.12. The van der Waals surface area contributed by atoms with Crippen LogP contribution in [0.2, 0.25) is 0 Å². The van der Waals surface area contributed by atoms with E-state index in [2.05, 4.69) is 4.98 Å². The van der Waals surface area contributed by atoms with E-state index in [1.165, 1.54) is 19.2 Å². The lowest BCUT2D eigenvalue weighted by Gasteiger charge is -2.11. The number of aromatic amines is 1. The number of aromatic nitrogens is 1. The molecule has 0 saturated carbocycles. The highest BCUT2D eigenvalue weighted by atomic mass is 19.1. The van der Waals surface area contributed by atoms with Gasteiger partial charge in [0.15, 0.2) is 17.1 Å². The Balaban J connectivity index is 2.19. The first-order valence-corrected chi connectivity index (χ1v) is 8.64. The second-order valence-electron chi connectivity index (χ2n) is 6.05.